The van der Waals surface area contributed by atoms with Gasteiger partial charge in [-0.15, -0.1) is 0 Å². The molecule has 0 radical (unpaired) electrons. The van der Waals surface area contributed by atoms with Gasteiger partial charge < -0.3 is 20.7 Å². The van der Waals surface area contributed by atoms with Gasteiger partial charge in [0.15, 0.2) is 0 Å². The van der Waals surface area contributed by atoms with Crippen LogP contribution in [0.1, 0.15) is 43.1 Å². The Hall–Kier alpha value is -2.69. The number of nitrogens with one attached hydrogen (secondary N) is 1. The van der Waals surface area contributed by atoms with E-state index in [0.717, 1.165) is 22.8 Å². The van der Waals surface area contributed by atoms with E-state index in [4.69, 9.17) is 10.5 Å². The van der Waals surface area contributed by atoms with Crippen LogP contribution >= 0.6 is 0 Å². The first-order valence-electron chi connectivity index (χ1n) is 12.7. The van der Waals surface area contributed by atoms with Crippen LogP contribution in [0.15, 0.2) is 42.5 Å². The molecule has 2 aromatic rings. The minimum atomic E-state index is -3.63. The van der Waals surface area contributed by atoms with Crippen LogP contribution in [0.5, 0.6) is 0 Å². The van der Waals surface area contributed by atoms with Crippen molar-refractivity contribution in [2.75, 3.05) is 43.6 Å². The molecule has 1 heterocycles. The summed E-state index contributed by atoms with van der Waals surface area (Å²) in [6.45, 7) is 6.52. The third kappa shape index (κ3) is 7.43. The number of hydrogen-bond acceptors (Lipinski definition) is 7. The number of benzene rings is 1. The van der Waals surface area contributed by atoms with Gasteiger partial charge in [0.1, 0.15) is 11.6 Å². The Labute approximate surface area is 221 Å². The van der Waals surface area contributed by atoms with Crippen molar-refractivity contribution >= 4 is 27.6 Å². The maximum absolute atomic E-state index is 13.6. The van der Waals surface area contributed by atoms with E-state index in [1.54, 1.807) is 27.0 Å². The van der Waals surface area contributed by atoms with Crippen LogP contribution in [0.3, 0.4) is 0 Å². The van der Waals surface area contributed by atoms with Crippen molar-refractivity contribution in [3.63, 3.8) is 0 Å². The molecule has 9 nitrogen and oxygen atoms in total. The zero-order valence-electron chi connectivity index (χ0n) is 22.7. The second-order valence-corrected chi connectivity index (χ2v) is 12.9. The van der Waals surface area contributed by atoms with Crippen molar-refractivity contribution in [2.24, 2.45) is 17.6 Å². The minimum absolute atomic E-state index is 0.202. The van der Waals surface area contributed by atoms with Gasteiger partial charge in [-0.3, -0.25) is 9.10 Å². The van der Waals surface area contributed by atoms with Crippen LogP contribution in [-0.4, -0.2) is 71.0 Å². The SMILES string of the molecule is COC[C@H](N)[C@H](Cc1ccccc1)NC(=O)c1cc(N(C)C[C@H]2C[C@@H]2C)nc(N(C)S(=O)(=O)C(C)C)c1. The molecule has 1 aliphatic rings. The molecule has 0 spiro atoms. The van der Waals surface area contributed by atoms with Crippen molar-refractivity contribution in [1.82, 2.24) is 10.3 Å². The van der Waals surface area contributed by atoms with Crippen molar-refractivity contribution in [2.45, 2.75) is 50.9 Å². The van der Waals surface area contributed by atoms with Gasteiger partial charge in [-0.25, -0.2) is 13.4 Å². The molecule has 0 aliphatic heterocycles. The number of pyridine rings is 1. The Balaban J connectivity index is 1.94. The lowest BCUT2D eigenvalue weighted by Crippen LogP contribution is -2.51. The van der Waals surface area contributed by atoms with Gasteiger partial charge in [0, 0.05) is 39.4 Å². The Morgan fingerprint density at radius 1 is 1.19 bits per heavy atom. The first kappa shape index (κ1) is 28.9. The average molecular weight is 532 g/mol. The third-order valence-electron chi connectivity index (χ3n) is 7.03. The molecule has 4 atom stereocenters. The Morgan fingerprint density at radius 3 is 2.38 bits per heavy atom. The molecule has 1 aromatic heterocycles. The third-order valence-corrected chi connectivity index (χ3v) is 9.17. The van der Waals surface area contributed by atoms with Crippen molar-refractivity contribution < 1.29 is 17.9 Å². The molecule has 3 rings (SSSR count). The molecule has 0 bridgehead atoms. The molecule has 1 fully saturated rings. The largest absolute Gasteiger partial charge is 0.383 e. The summed E-state index contributed by atoms with van der Waals surface area (Å²) in [5.41, 5.74) is 7.74. The lowest BCUT2D eigenvalue weighted by Gasteiger charge is -2.27. The zero-order chi connectivity index (χ0) is 27.3. The maximum Gasteiger partial charge on any atom is 0.251 e. The van der Waals surface area contributed by atoms with Gasteiger partial charge in [0.2, 0.25) is 10.0 Å². The predicted octanol–water partition coefficient (Wildman–Crippen LogP) is 2.66. The van der Waals surface area contributed by atoms with Crippen LogP contribution < -0.4 is 20.3 Å². The summed E-state index contributed by atoms with van der Waals surface area (Å²) in [7, 11) is 1.33. The molecule has 10 heteroatoms. The van der Waals surface area contributed by atoms with Crippen LogP contribution in [0.2, 0.25) is 0 Å². The number of methoxy groups -OCH3 is 1. The van der Waals surface area contributed by atoms with Gasteiger partial charge in [0.25, 0.3) is 5.91 Å². The minimum Gasteiger partial charge on any atom is -0.383 e. The first-order chi connectivity index (χ1) is 17.4. The number of nitrogens with zero attached hydrogens (tertiary/aromatic N) is 3. The number of amides is 1. The van der Waals surface area contributed by atoms with E-state index < -0.39 is 27.4 Å². The van der Waals surface area contributed by atoms with Crippen LogP contribution in [0.25, 0.3) is 0 Å². The van der Waals surface area contributed by atoms with Crippen LogP contribution in [0.4, 0.5) is 11.6 Å². The number of sulfonamides is 1. The van der Waals surface area contributed by atoms with Gasteiger partial charge in [-0.2, -0.15) is 0 Å². The second-order valence-electron chi connectivity index (χ2n) is 10.4. The topological polar surface area (TPSA) is 118 Å². The van der Waals surface area contributed by atoms with Gasteiger partial charge in [-0.05, 0) is 56.2 Å². The number of carbonyl (C=O) groups is 1. The van der Waals surface area contributed by atoms with Crippen molar-refractivity contribution in [3.05, 3.63) is 53.6 Å². The first-order valence-corrected chi connectivity index (χ1v) is 14.2. The van der Waals surface area contributed by atoms with Crippen molar-refractivity contribution in [3.8, 4) is 0 Å². The Kier molecular flexibility index (Phi) is 9.55. The fourth-order valence-corrected chi connectivity index (χ4v) is 5.26. The molecule has 37 heavy (non-hydrogen) atoms. The Morgan fingerprint density at radius 2 is 1.81 bits per heavy atom. The number of hydrogen-bond donors (Lipinski definition) is 2. The molecule has 1 aliphatic carbocycles. The monoisotopic (exact) mass is 531 g/mol. The average Bonchev–Trinajstić information content (AvgIpc) is 3.57. The summed E-state index contributed by atoms with van der Waals surface area (Å²) in [4.78, 5) is 20.2. The normalized spacial score (nSPS) is 18.8. The molecular weight excluding hydrogens is 490 g/mol. The smallest absolute Gasteiger partial charge is 0.251 e. The predicted molar refractivity (Wildman–Crippen MR) is 148 cm³/mol. The highest BCUT2D eigenvalue weighted by atomic mass is 32.2. The van der Waals surface area contributed by atoms with E-state index in [0.29, 0.717) is 29.6 Å². The lowest BCUT2D eigenvalue weighted by molar-refractivity contribution is 0.0913. The number of anilines is 2. The molecule has 1 saturated carbocycles. The standard InChI is InChI=1S/C27H41N5O4S/c1-18(2)37(34,35)32(5)26-15-21(14-25(30-26)31(4)16-22-12-19(22)3)27(33)29-24(23(28)17-36-6)13-20-10-8-7-9-11-20/h7-11,14-15,18-19,22-24H,12-13,16-17,28H2,1-6H3,(H,29,33)/t19-,22+,23-,24-/m0/s1. The fourth-order valence-electron chi connectivity index (χ4n) is 4.27. The van der Waals surface area contributed by atoms with E-state index >= 15 is 0 Å². The highest BCUT2D eigenvalue weighted by Crippen LogP contribution is 2.38. The second kappa shape index (κ2) is 12.2. The molecular formula is C27H41N5O4S. The Bertz CT molecular complexity index is 1160. The maximum atomic E-state index is 13.6. The summed E-state index contributed by atoms with van der Waals surface area (Å²) in [5, 5.41) is 2.43. The van der Waals surface area contributed by atoms with Gasteiger partial charge in [0.05, 0.1) is 17.9 Å². The molecule has 0 unspecified atom stereocenters. The summed E-state index contributed by atoms with van der Waals surface area (Å²) in [6, 6.07) is 12.2. The molecule has 3 N–H and O–H groups in total. The van der Waals surface area contributed by atoms with Crippen LogP contribution in [0, 0.1) is 11.8 Å². The number of rotatable bonds is 13. The molecule has 204 valence electrons. The molecule has 0 saturated heterocycles. The van der Waals surface area contributed by atoms with Gasteiger partial charge in [-0.1, -0.05) is 37.3 Å². The lowest BCUT2D eigenvalue weighted by atomic mass is 9.99. The van der Waals surface area contributed by atoms with E-state index in [2.05, 4.69) is 17.2 Å². The van der Waals surface area contributed by atoms with E-state index in [1.807, 2.05) is 42.3 Å². The number of nitrogens with two attached hydrogens (primary N) is 1. The zero-order valence-corrected chi connectivity index (χ0v) is 23.5. The summed E-state index contributed by atoms with van der Waals surface area (Å²) in [6.07, 6.45) is 1.68. The van der Waals surface area contributed by atoms with E-state index in [-0.39, 0.29) is 18.3 Å². The summed E-state index contributed by atoms with van der Waals surface area (Å²) < 4.78 is 32.2. The van der Waals surface area contributed by atoms with Crippen LogP contribution in [-0.2, 0) is 21.2 Å². The van der Waals surface area contributed by atoms with Crippen molar-refractivity contribution in [1.29, 1.82) is 0 Å². The number of aromatic nitrogens is 1. The molecule has 1 amide bonds. The van der Waals surface area contributed by atoms with E-state index in [9.17, 15) is 13.2 Å². The molecule has 1 aromatic carbocycles. The number of ether oxygens (including phenoxy) is 1. The van der Waals surface area contributed by atoms with Gasteiger partial charge >= 0.3 is 0 Å². The highest BCUT2D eigenvalue weighted by molar-refractivity contribution is 7.93. The summed E-state index contributed by atoms with van der Waals surface area (Å²) >= 11 is 0. The number of carbonyl (C=O) groups excluding carboxylic acids is 1. The quantitative estimate of drug-likeness (QED) is 0.408. The van der Waals surface area contributed by atoms with E-state index in [1.165, 1.54) is 13.1 Å². The highest BCUT2D eigenvalue weighted by Gasteiger charge is 2.34. The summed E-state index contributed by atoms with van der Waals surface area (Å²) in [5.74, 6) is 1.62. The fraction of sp³-hybridized carbons (Fsp3) is 0.556.